The summed E-state index contributed by atoms with van der Waals surface area (Å²) in [4.78, 5) is 24.0. The number of alkyl halides is 3. The van der Waals surface area contributed by atoms with E-state index in [0.29, 0.717) is 12.8 Å². The molecule has 7 heteroatoms. The van der Waals surface area contributed by atoms with Crippen LogP contribution in [0.3, 0.4) is 0 Å². The normalized spacial score (nSPS) is 20.9. The Morgan fingerprint density at radius 2 is 2.04 bits per heavy atom. The number of ketones is 1. The molecule has 2 rings (SSSR count). The van der Waals surface area contributed by atoms with E-state index in [1.54, 1.807) is 12.1 Å². The summed E-state index contributed by atoms with van der Waals surface area (Å²) in [5.41, 5.74) is 0.806. The maximum absolute atomic E-state index is 13.6. The molecule has 0 aliphatic heterocycles. The van der Waals surface area contributed by atoms with Crippen molar-refractivity contribution in [3.05, 3.63) is 35.9 Å². The Morgan fingerprint density at radius 3 is 2.67 bits per heavy atom. The predicted octanol–water partition coefficient (Wildman–Crippen LogP) is 4.07. The first-order chi connectivity index (χ1) is 11.4. The van der Waals surface area contributed by atoms with Gasteiger partial charge in [-0.2, -0.15) is 0 Å². The quantitative estimate of drug-likeness (QED) is 0.728. The third-order valence-corrected chi connectivity index (χ3v) is 4.67. The number of Topliss-reactive ketones (excluding diaryl/α,β-unsaturated/α-hetero) is 1. The van der Waals surface area contributed by atoms with E-state index in [1.807, 2.05) is 18.2 Å². The van der Waals surface area contributed by atoms with Gasteiger partial charge in [-0.1, -0.05) is 46.3 Å². The molecule has 2 unspecified atom stereocenters. The van der Waals surface area contributed by atoms with Crippen LogP contribution in [0.1, 0.15) is 31.2 Å². The zero-order valence-electron chi connectivity index (χ0n) is 13.1. The van der Waals surface area contributed by atoms with Crippen molar-refractivity contribution in [2.24, 2.45) is 5.92 Å². The van der Waals surface area contributed by atoms with Gasteiger partial charge in [0.1, 0.15) is 6.61 Å². The second-order valence-electron chi connectivity index (χ2n) is 6.00. The summed E-state index contributed by atoms with van der Waals surface area (Å²) >= 11 is 3.05. The molecule has 1 saturated carbocycles. The molecule has 1 fully saturated rings. The second-order valence-corrected chi connectivity index (χ2v) is 6.56. The fourth-order valence-corrected chi connectivity index (χ4v) is 3.28. The molecule has 0 radical (unpaired) electrons. The van der Waals surface area contributed by atoms with Crippen LogP contribution in [-0.4, -0.2) is 29.2 Å². The average Bonchev–Trinajstić information content (AvgIpc) is 2.57. The lowest BCUT2D eigenvalue weighted by Gasteiger charge is -2.33. The van der Waals surface area contributed by atoms with Crippen molar-refractivity contribution in [2.45, 2.75) is 44.3 Å². The summed E-state index contributed by atoms with van der Waals surface area (Å²) in [5.74, 6) is -3.69. The summed E-state index contributed by atoms with van der Waals surface area (Å²) in [5, 5.41) is 2.47. The van der Waals surface area contributed by atoms with Crippen molar-refractivity contribution >= 4 is 27.8 Å². The van der Waals surface area contributed by atoms with Crippen LogP contribution in [0.2, 0.25) is 0 Å². The zero-order chi connectivity index (χ0) is 17.6. The Hall–Kier alpha value is -1.50. The monoisotopic (exact) mass is 403 g/mol. The number of amides is 1. The van der Waals surface area contributed by atoms with Crippen LogP contribution in [0, 0.1) is 5.92 Å². The second kappa shape index (κ2) is 8.55. The minimum Gasteiger partial charge on any atom is -0.445 e. The van der Waals surface area contributed by atoms with Crippen molar-refractivity contribution in [3.8, 4) is 0 Å². The van der Waals surface area contributed by atoms with Crippen molar-refractivity contribution in [3.63, 3.8) is 0 Å². The molecule has 1 aromatic carbocycles. The molecule has 0 spiro atoms. The highest BCUT2D eigenvalue weighted by atomic mass is 79.9. The van der Waals surface area contributed by atoms with Crippen LogP contribution in [-0.2, 0) is 16.1 Å². The number of ether oxygens (including phenoxy) is 1. The van der Waals surface area contributed by atoms with Crippen LogP contribution < -0.4 is 5.32 Å². The average molecular weight is 404 g/mol. The van der Waals surface area contributed by atoms with Gasteiger partial charge in [0.2, 0.25) is 5.92 Å². The Labute approximate surface area is 148 Å². The molecular weight excluding hydrogens is 384 g/mol. The molecule has 2 atom stereocenters. The summed E-state index contributed by atoms with van der Waals surface area (Å²) in [7, 11) is 0. The first kappa shape index (κ1) is 18.8. The van der Waals surface area contributed by atoms with E-state index in [-0.39, 0.29) is 24.1 Å². The Bertz CT molecular complexity index is 568. The number of alkyl carbamates (subject to hydrolysis) is 1. The first-order valence-electron chi connectivity index (χ1n) is 7.85. The number of carbonyl (C=O) groups excluding carboxylic acids is 2. The summed E-state index contributed by atoms with van der Waals surface area (Å²) < 4.78 is 32.3. The minimum absolute atomic E-state index is 0.00129. The predicted molar refractivity (Wildman–Crippen MR) is 89.3 cm³/mol. The van der Waals surface area contributed by atoms with Crippen LogP contribution in [0.4, 0.5) is 13.6 Å². The first-order valence-corrected chi connectivity index (χ1v) is 8.97. The maximum atomic E-state index is 13.6. The SMILES string of the molecule is O=C(NC(C(=O)CBr)C1CCCC(F)(F)C1)OCc1ccccc1. The molecule has 0 aromatic heterocycles. The fraction of sp³-hybridized carbons (Fsp3) is 0.529. The lowest BCUT2D eigenvalue weighted by molar-refractivity contribution is -0.122. The number of halogens is 3. The van der Waals surface area contributed by atoms with Gasteiger partial charge < -0.3 is 10.1 Å². The Morgan fingerprint density at radius 1 is 1.33 bits per heavy atom. The standard InChI is InChI=1S/C17H20BrF2NO3/c18-10-14(22)15(13-7-4-8-17(19,20)9-13)21-16(23)24-11-12-5-2-1-3-6-12/h1-3,5-6,13,15H,4,7-11H2,(H,21,23). The van der Waals surface area contributed by atoms with Gasteiger partial charge in [-0.15, -0.1) is 0 Å². The molecule has 24 heavy (non-hydrogen) atoms. The number of benzene rings is 1. The number of rotatable bonds is 6. The molecule has 1 amide bonds. The third-order valence-electron chi connectivity index (χ3n) is 4.11. The number of hydrogen-bond acceptors (Lipinski definition) is 3. The van der Waals surface area contributed by atoms with E-state index in [9.17, 15) is 18.4 Å². The molecule has 0 heterocycles. The van der Waals surface area contributed by atoms with E-state index in [0.717, 1.165) is 5.56 Å². The molecule has 0 saturated heterocycles. The van der Waals surface area contributed by atoms with Crippen molar-refractivity contribution in [2.75, 3.05) is 5.33 Å². The van der Waals surface area contributed by atoms with Crippen molar-refractivity contribution in [1.82, 2.24) is 5.32 Å². The largest absolute Gasteiger partial charge is 0.445 e. The number of nitrogens with one attached hydrogen (secondary N) is 1. The van der Waals surface area contributed by atoms with E-state index in [2.05, 4.69) is 21.2 Å². The third kappa shape index (κ3) is 5.54. The highest BCUT2D eigenvalue weighted by molar-refractivity contribution is 9.09. The van der Waals surface area contributed by atoms with Gasteiger partial charge in [-0.05, 0) is 24.3 Å². The van der Waals surface area contributed by atoms with Gasteiger partial charge in [-0.3, -0.25) is 4.79 Å². The molecule has 4 nitrogen and oxygen atoms in total. The van der Waals surface area contributed by atoms with Crippen molar-refractivity contribution in [1.29, 1.82) is 0 Å². The van der Waals surface area contributed by atoms with Gasteiger partial charge in [0.05, 0.1) is 11.4 Å². The number of hydrogen-bond donors (Lipinski definition) is 1. The summed E-state index contributed by atoms with van der Waals surface area (Å²) in [6.45, 7) is 0.0583. The molecule has 1 aliphatic rings. The van der Waals surface area contributed by atoms with Crippen LogP contribution >= 0.6 is 15.9 Å². The molecule has 1 aliphatic carbocycles. The summed E-state index contributed by atoms with van der Waals surface area (Å²) in [6, 6.07) is 8.12. The lowest BCUT2D eigenvalue weighted by atomic mass is 9.80. The van der Waals surface area contributed by atoms with E-state index < -0.39 is 30.4 Å². The van der Waals surface area contributed by atoms with Crippen molar-refractivity contribution < 1.29 is 23.1 Å². The van der Waals surface area contributed by atoms with Gasteiger partial charge in [0.25, 0.3) is 0 Å². The number of carbonyl (C=O) groups is 2. The smallest absolute Gasteiger partial charge is 0.408 e. The lowest BCUT2D eigenvalue weighted by Crippen LogP contribution is -2.49. The highest BCUT2D eigenvalue weighted by Gasteiger charge is 2.41. The van der Waals surface area contributed by atoms with Crippen LogP contribution in [0.15, 0.2) is 30.3 Å². The van der Waals surface area contributed by atoms with Gasteiger partial charge in [0, 0.05) is 12.8 Å². The van der Waals surface area contributed by atoms with Gasteiger partial charge in [0.15, 0.2) is 5.78 Å². The van der Waals surface area contributed by atoms with E-state index in [1.165, 1.54) is 0 Å². The molecular formula is C17H20BrF2NO3. The topological polar surface area (TPSA) is 55.4 Å². The fourth-order valence-electron chi connectivity index (χ4n) is 2.93. The van der Waals surface area contributed by atoms with E-state index >= 15 is 0 Å². The maximum Gasteiger partial charge on any atom is 0.408 e. The molecule has 1 N–H and O–H groups in total. The zero-order valence-corrected chi connectivity index (χ0v) is 14.7. The molecule has 132 valence electrons. The Kier molecular flexibility index (Phi) is 6.71. The molecule has 1 aromatic rings. The van der Waals surface area contributed by atoms with Gasteiger partial charge >= 0.3 is 6.09 Å². The molecule has 0 bridgehead atoms. The summed E-state index contributed by atoms with van der Waals surface area (Å²) in [6.07, 6.45) is -0.512. The van der Waals surface area contributed by atoms with E-state index in [4.69, 9.17) is 4.74 Å². The van der Waals surface area contributed by atoms with Crippen LogP contribution in [0.5, 0.6) is 0 Å². The van der Waals surface area contributed by atoms with Crippen LogP contribution in [0.25, 0.3) is 0 Å². The van der Waals surface area contributed by atoms with Gasteiger partial charge in [-0.25, -0.2) is 13.6 Å². The minimum atomic E-state index is -2.79. The Balaban J connectivity index is 1.95. The highest BCUT2D eigenvalue weighted by Crippen LogP contribution is 2.38.